The SMILES string of the molecule is Cc1ccc(-c2ccc(C(F)(F)Oc3ccc(/C=C/C4CCC(C)CC4)cc3)cc2)cc1. The van der Waals surface area contributed by atoms with Crippen LogP contribution in [0.1, 0.15) is 49.3 Å². The zero-order valence-electron chi connectivity index (χ0n) is 18.7. The Labute approximate surface area is 189 Å². The minimum atomic E-state index is -3.40. The average Bonchev–Trinajstić information content (AvgIpc) is 2.80. The van der Waals surface area contributed by atoms with Gasteiger partial charge in [0, 0.05) is 0 Å². The number of hydrogen-bond acceptors (Lipinski definition) is 1. The van der Waals surface area contributed by atoms with Crippen LogP contribution in [0.5, 0.6) is 5.75 Å². The third-order valence-corrected chi connectivity index (χ3v) is 6.35. The van der Waals surface area contributed by atoms with Crippen molar-refractivity contribution in [1.29, 1.82) is 0 Å². The number of halogens is 2. The molecule has 3 aromatic carbocycles. The fourth-order valence-electron chi connectivity index (χ4n) is 4.18. The quantitative estimate of drug-likeness (QED) is 0.379. The Bertz CT molecular complexity index is 1030. The molecule has 0 heterocycles. The Kier molecular flexibility index (Phi) is 6.74. The highest BCUT2D eigenvalue weighted by Gasteiger charge is 2.34. The highest BCUT2D eigenvalue weighted by atomic mass is 19.3. The minimum absolute atomic E-state index is 0.154. The molecule has 1 nitrogen and oxygen atoms in total. The maximum Gasteiger partial charge on any atom is 0.426 e. The molecule has 1 saturated carbocycles. The molecule has 0 bridgehead atoms. The first-order valence-corrected chi connectivity index (χ1v) is 11.4. The van der Waals surface area contributed by atoms with Gasteiger partial charge < -0.3 is 4.74 Å². The number of hydrogen-bond donors (Lipinski definition) is 0. The summed E-state index contributed by atoms with van der Waals surface area (Å²) in [4.78, 5) is 0. The molecule has 0 amide bonds. The van der Waals surface area contributed by atoms with Gasteiger partial charge in [-0.3, -0.25) is 0 Å². The van der Waals surface area contributed by atoms with Crippen LogP contribution >= 0.6 is 0 Å². The van der Waals surface area contributed by atoms with Crippen molar-refractivity contribution in [2.24, 2.45) is 11.8 Å². The molecule has 0 saturated heterocycles. The molecule has 3 aromatic rings. The molecule has 0 aliphatic heterocycles. The fraction of sp³-hybridized carbons (Fsp3) is 0.310. The van der Waals surface area contributed by atoms with Crippen molar-refractivity contribution in [2.75, 3.05) is 0 Å². The fourth-order valence-corrected chi connectivity index (χ4v) is 4.18. The lowest BCUT2D eigenvalue weighted by Gasteiger charge is -2.23. The Morgan fingerprint density at radius 2 is 1.34 bits per heavy atom. The first-order valence-electron chi connectivity index (χ1n) is 11.4. The number of allylic oxidation sites excluding steroid dienone is 1. The van der Waals surface area contributed by atoms with E-state index in [1.165, 1.54) is 37.8 Å². The van der Waals surface area contributed by atoms with Crippen LogP contribution in [0.25, 0.3) is 17.2 Å². The third kappa shape index (κ3) is 5.64. The summed E-state index contributed by atoms with van der Waals surface area (Å²) in [6.45, 7) is 4.33. The predicted octanol–water partition coefficient (Wildman–Crippen LogP) is 8.63. The van der Waals surface area contributed by atoms with Crippen LogP contribution in [0.3, 0.4) is 0 Å². The van der Waals surface area contributed by atoms with Crippen LogP contribution in [0.4, 0.5) is 8.78 Å². The van der Waals surface area contributed by atoms with Gasteiger partial charge in [0.05, 0.1) is 5.56 Å². The average molecular weight is 433 g/mol. The number of benzene rings is 3. The van der Waals surface area contributed by atoms with Crippen LogP contribution in [-0.2, 0) is 6.11 Å². The van der Waals surface area contributed by atoms with Crippen LogP contribution in [0.2, 0.25) is 0 Å². The van der Waals surface area contributed by atoms with Gasteiger partial charge in [-0.2, -0.15) is 8.78 Å². The highest BCUT2D eigenvalue weighted by molar-refractivity contribution is 5.64. The van der Waals surface area contributed by atoms with Gasteiger partial charge in [0.15, 0.2) is 0 Å². The van der Waals surface area contributed by atoms with Crippen LogP contribution in [-0.4, -0.2) is 0 Å². The molecule has 0 radical (unpaired) electrons. The standard InChI is InChI=1S/C29H30F2O/c1-21-3-7-23(8-4-21)9-10-24-11-19-28(20-12-24)32-29(30,31)27-17-15-26(16-18-27)25-13-5-22(2)6-14-25/h5-6,9-21,23H,3-4,7-8H2,1-2H3/b10-9+. The molecule has 1 aliphatic rings. The van der Waals surface area contributed by atoms with E-state index >= 15 is 0 Å². The van der Waals surface area contributed by atoms with Gasteiger partial charge in [0.2, 0.25) is 0 Å². The van der Waals surface area contributed by atoms with Gasteiger partial charge in [0.25, 0.3) is 0 Å². The van der Waals surface area contributed by atoms with E-state index in [4.69, 9.17) is 4.74 Å². The summed E-state index contributed by atoms with van der Waals surface area (Å²) in [6.07, 6.45) is 5.97. The maximum absolute atomic E-state index is 14.7. The molecule has 0 atom stereocenters. The molecule has 3 heteroatoms. The van der Waals surface area contributed by atoms with Crippen LogP contribution in [0, 0.1) is 18.8 Å². The topological polar surface area (TPSA) is 9.23 Å². The second kappa shape index (κ2) is 9.68. The van der Waals surface area contributed by atoms with E-state index in [0.29, 0.717) is 5.92 Å². The third-order valence-electron chi connectivity index (χ3n) is 6.35. The maximum atomic E-state index is 14.7. The van der Waals surface area contributed by atoms with E-state index in [9.17, 15) is 8.78 Å². The van der Waals surface area contributed by atoms with Crippen LogP contribution in [0.15, 0.2) is 78.9 Å². The van der Waals surface area contributed by atoms with Gasteiger partial charge in [0.1, 0.15) is 5.75 Å². The zero-order chi connectivity index (χ0) is 22.6. The van der Waals surface area contributed by atoms with E-state index in [1.807, 2.05) is 43.3 Å². The summed E-state index contributed by atoms with van der Waals surface area (Å²) in [5.41, 5.74) is 3.90. The summed E-state index contributed by atoms with van der Waals surface area (Å²) >= 11 is 0. The molecule has 166 valence electrons. The molecule has 1 aliphatic carbocycles. The predicted molar refractivity (Wildman–Crippen MR) is 128 cm³/mol. The molecule has 0 aromatic heterocycles. The Hall–Kier alpha value is -2.94. The molecular weight excluding hydrogens is 402 g/mol. The first-order chi connectivity index (χ1) is 15.4. The van der Waals surface area contributed by atoms with Crippen molar-refractivity contribution in [1.82, 2.24) is 0 Å². The van der Waals surface area contributed by atoms with Crippen molar-refractivity contribution in [3.63, 3.8) is 0 Å². The molecule has 0 unspecified atom stereocenters. The van der Waals surface area contributed by atoms with Gasteiger partial charge in [-0.1, -0.05) is 86.0 Å². The van der Waals surface area contributed by atoms with Crippen molar-refractivity contribution < 1.29 is 13.5 Å². The van der Waals surface area contributed by atoms with Crippen LogP contribution < -0.4 is 4.74 Å². The van der Waals surface area contributed by atoms with E-state index < -0.39 is 6.11 Å². The summed E-state index contributed by atoms with van der Waals surface area (Å²) in [5, 5.41) is 0. The van der Waals surface area contributed by atoms with Crippen molar-refractivity contribution >= 4 is 6.08 Å². The molecule has 0 spiro atoms. The summed E-state index contributed by atoms with van der Waals surface area (Å²) in [6, 6.07) is 21.1. The monoisotopic (exact) mass is 432 g/mol. The number of aryl methyl sites for hydroxylation is 1. The second-order valence-electron chi connectivity index (χ2n) is 9.01. The lowest BCUT2D eigenvalue weighted by molar-refractivity contribution is -0.185. The van der Waals surface area contributed by atoms with Gasteiger partial charge in [-0.15, -0.1) is 0 Å². The number of alkyl halides is 2. The second-order valence-corrected chi connectivity index (χ2v) is 9.01. The Morgan fingerprint density at radius 1 is 0.781 bits per heavy atom. The zero-order valence-corrected chi connectivity index (χ0v) is 18.7. The van der Waals surface area contributed by atoms with Gasteiger partial charge >= 0.3 is 6.11 Å². The lowest BCUT2D eigenvalue weighted by Crippen LogP contribution is -2.21. The normalized spacial score (nSPS) is 19.2. The molecule has 32 heavy (non-hydrogen) atoms. The van der Waals surface area contributed by atoms with E-state index in [0.717, 1.165) is 28.2 Å². The van der Waals surface area contributed by atoms with E-state index in [-0.39, 0.29) is 11.3 Å². The summed E-state index contributed by atoms with van der Waals surface area (Å²) in [5.74, 6) is 1.60. The highest BCUT2D eigenvalue weighted by Crippen LogP contribution is 2.33. The minimum Gasteiger partial charge on any atom is -0.429 e. The largest absolute Gasteiger partial charge is 0.429 e. The number of rotatable bonds is 6. The molecular formula is C29H30F2O. The van der Waals surface area contributed by atoms with E-state index in [2.05, 4.69) is 19.1 Å². The van der Waals surface area contributed by atoms with Crippen molar-refractivity contribution in [2.45, 2.75) is 45.6 Å². The Morgan fingerprint density at radius 3 is 1.94 bits per heavy atom. The first kappa shape index (κ1) is 22.3. The lowest BCUT2D eigenvalue weighted by atomic mass is 9.83. The smallest absolute Gasteiger partial charge is 0.426 e. The van der Waals surface area contributed by atoms with Gasteiger partial charge in [-0.25, -0.2) is 0 Å². The summed E-state index contributed by atoms with van der Waals surface area (Å²) < 4.78 is 34.5. The summed E-state index contributed by atoms with van der Waals surface area (Å²) in [7, 11) is 0. The molecule has 0 N–H and O–H groups in total. The van der Waals surface area contributed by atoms with Crippen molar-refractivity contribution in [3.8, 4) is 16.9 Å². The van der Waals surface area contributed by atoms with Gasteiger partial charge in [-0.05, 0) is 72.6 Å². The van der Waals surface area contributed by atoms with Crippen molar-refractivity contribution in [3.05, 3.63) is 95.6 Å². The molecule has 1 fully saturated rings. The van der Waals surface area contributed by atoms with E-state index in [1.54, 1.807) is 24.3 Å². The Balaban J connectivity index is 1.39. The number of ether oxygens (including phenoxy) is 1. The molecule has 4 rings (SSSR count).